The zero-order chi connectivity index (χ0) is 22.0. The first-order valence-electron chi connectivity index (χ1n) is 9.37. The van der Waals surface area contributed by atoms with Gasteiger partial charge in [-0.3, -0.25) is 4.79 Å². The lowest BCUT2D eigenvalue weighted by atomic mass is 10.1. The summed E-state index contributed by atoms with van der Waals surface area (Å²) in [4.78, 5) is 24.9. The number of benzene rings is 3. The van der Waals surface area contributed by atoms with Crippen LogP contribution in [0.3, 0.4) is 0 Å². The summed E-state index contributed by atoms with van der Waals surface area (Å²) in [6, 6.07) is 17.2. The molecule has 31 heavy (non-hydrogen) atoms. The second-order valence-electron chi connectivity index (χ2n) is 6.81. The Hall–Kier alpha value is -4.00. The molecule has 4 aromatic rings. The van der Waals surface area contributed by atoms with E-state index in [-0.39, 0.29) is 16.6 Å². The highest BCUT2D eigenvalue weighted by Gasteiger charge is 2.18. The van der Waals surface area contributed by atoms with Crippen LogP contribution in [0.1, 0.15) is 15.9 Å². The van der Waals surface area contributed by atoms with Crippen molar-refractivity contribution in [2.75, 3.05) is 7.11 Å². The zero-order valence-corrected chi connectivity index (χ0v) is 16.5. The van der Waals surface area contributed by atoms with E-state index in [2.05, 4.69) is 0 Å². The van der Waals surface area contributed by atoms with Crippen LogP contribution < -0.4 is 10.2 Å². The fourth-order valence-electron chi connectivity index (χ4n) is 3.28. The molecule has 0 spiro atoms. The molecule has 0 saturated heterocycles. The molecular weight excluding hydrogens is 404 g/mol. The maximum Gasteiger partial charge on any atom is 0.343 e. The van der Waals surface area contributed by atoms with E-state index in [1.165, 1.54) is 16.8 Å². The highest BCUT2D eigenvalue weighted by atomic mass is 19.1. The lowest BCUT2D eigenvalue weighted by Gasteiger charge is -2.15. The minimum Gasteiger partial charge on any atom is -0.489 e. The number of nitrogens with zero attached hydrogens (tertiary/aromatic N) is 1. The molecule has 4 rings (SSSR count). The number of methoxy groups -OCH3 is 1. The van der Waals surface area contributed by atoms with E-state index < -0.39 is 23.0 Å². The average Bonchev–Trinajstić information content (AvgIpc) is 2.77. The molecular formula is C24H17F2NO4. The van der Waals surface area contributed by atoms with Gasteiger partial charge in [0.2, 0.25) is 5.43 Å². The van der Waals surface area contributed by atoms with Crippen LogP contribution in [0, 0.1) is 11.6 Å². The molecule has 0 aliphatic rings. The lowest BCUT2D eigenvalue weighted by molar-refractivity contribution is 0.0599. The monoisotopic (exact) mass is 421 g/mol. The molecule has 0 N–H and O–H groups in total. The molecule has 0 atom stereocenters. The Morgan fingerprint density at radius 3 is 2.35 bits per heavy atom. The van der Waals surface area contributed by atoms with Gasteiger partial charge in [-0.1, -0.05) is 30.3 Å². The first kappa shape index (κ1) is 20.3. The summed E-state index contributed by atoms with van der Waals surface area (Å²) < 4.78 is 39.6. The van der Waals surface area contributed by atoms with Crippen LogP contribution in [0.5, 0.6) is 5.75 Å². The number of carbonyl (C=O) groups is 1. The third kappa shape index (κ3) is 4.16. The number of hydrogen-bond donors (Lipinski definition) is 0. The Morgan fingerprint density at radius 2 is 1.68 bits per heavy atom. The van der Waals surface area contributed by atoms with Crippen LogP contribution in [0.15, 0.2) is 77.7 Å². The molecule has 0 radical (unpaired) electrons. The molecule has 1 heterocycles. The largest absolute Gasteiger partial charge is 0.489 e. The van der Waals surface area contributed by atoms with Crippen molar-refractivity contribution in [3.8, 4) is 11.4 Å². The van der Waals surface area contributed by atoms with Crippen molar-refractivity contribution < 1.29 is 23.0 Å². The summed E-state index contributed by atoms with van der Waals surface area (Å²) in [6.45, 7) is 0.297. The van der Waals surface area contributed by atoms with Gasteiger partial charge in [0.05, 0.1) is 18.3 Å². The maximum absolute atomic E-state index is 13.9. The Kier molecular flexibility index (Phi) is 5.49. The molecule has 3 aromatic carbocycles. The molecule has 0 unspecified atom stereocenters. The molecule has 156 valence electrons. The summed E-state index contributed by atoms with van der Waals surface area (Å²) in [5.41, 5.74) is 0.580. The first-order chi connectivity index (χ1) is 15.0. The van der Waals surface area contributed by atoms with E-state index in [0.29, 0.717) is 17.9 Å². The molecule has 0 amide bonds. The highest BCUT2D eigenvalue weighted by molar-refractivity contribution is 5.94. The van der Waals surface area contributed by atoms with Crippen molar-refractivity contribution in [1.82, 2.24) is 4.57 Å². The number of fused-ring (bicyclic) bond motifs is 1. The number of pyridine rings is 1. The quantitative estimate of drug-likeness (QED) is 0.441. The predicted octanol–water partition coefficient (Wildman–Crippen LogP) is 4.63. The summed E-state index contributed by atoms with van der Waals surface area (Å²) in [7, 11) is 1.15. The van der Waals surface area contributed by atoms with Gasteiger partial charge in [0, 0.05) is 23.7 Å². The molecule has 0 aliphatic carbocycles. The predicted molar refractivity (Wildman–Crippen MR) is 112 cm³/mol. The number of aromatic nitrogens is 1. The van der Waals surface area contributed by atoms with Gasteiger partial charge in [0.1, 0.15) is 29.6 Å². The SMILES string of the molecule is COC(=O)c1cn(-c2cc(F)cc(F)c2)c2cc(OCc3ccccc3)ccc2c1=O. The van der Waals surface area contributed by atoms with E-state index in [0.717, 1.165) is 30.9 Å². The highest BCUT2D eigenvalue weighted by Crippen LogP contribution is 2.24. The van der Waals surface area contributed by atoms with Gasteiger partial charge in [-0.05, 0) is 29.8 Å². The van der Waals surface area contributed by atoms with Crippen LogP contribution in [0.25, 0.3) is 16.6 Å². The second-order valence-corrected chi connectivity index (χ2v) is 6.81. The number of hydrogen-bond acceptors (Lipinski definition) is 4. The molecule has 5 nitrogen and oxygen atoms in total. The molecule has 0 fully saturated rings. The van der Waals surface area contributed by atoms with E-state index in [9.17, 15) is 18.4 Å². The molecule has 0 aliphatic heterocycles. The van der Waals surface area contributed by atoms with Crippen LogP contribution in [-0.4, -0.2) is 17.6 Å². The third-order valence-corrected chi connectivity index (χ3v) is 4.76. The van der Waals surface area contributed by atoms with E-state index in [1.807, 2.05) is 30.3 Å². The Labute approximate surface area is 176 Å². The molecule has 0 saturated carbocycles. The molecule has 7 heteroatoms. The van der Waals surface area contributed by atoms with Gasteiger partial charge < -0.3 is 14.0 Å². The average molecular weight is 421 g/mol. The van der Waals surface area contributed by atoms with Crippen LogP contribution in [0.4, 0.5) is 8.78 Å². The zero-order valence-electron chi connectivity index (χ0n) is 16.5. The van der Waals surface area contributed by atoms with E-state index in [1.54, 1.807) is 12.1 Å². The Bertz CT molecular complexity index is 1310. The maximum atomic E-state index is 13.9. The number of ether oxygens (including phenoxy) is 2. The van der Waals surface area contributed by atoms with Gasteiger partial charge in [0.25, 0.3) is 0 Å². The van der Waals surface area contributed by atoms with Crippen LogP contribution >= 0.6 is 0 Å². The summed E-state index contributed by atoms with van der Waals surface area (Å²) in [6.07, 6.45) is 1.21. The van der Waals surface area contributed by atoms with Crippen molar-refractivity contribution in [3.05, 3.63) is 106 Å². The normalized spacial score (nSPS) is 10.8. The van der Waals surface area contributed by atoms with Gasteiger partial charge in [0.15, 0.2) is 0 Å². The van der Waals surface area contributed by atoms with Crippen LogP contribution in [-0.2, 0) is 11.3 Å². The number of rotatable bonds is 5. The van der Waals surface area contributed by atoms with Gasteiger partial charge in [-0.15, -0.1) is 0 Å². The second kappa shape index (κ2) is 8.39. The van der Waals surface area contributed by atoms with Crippen molar-refractivity contribution in [3.63, 3.8) is 0 Å². The summed E-state index contributed by atoms with van der Waals surface area (Å²) >= 11 is 0. The topological polar surface area (TPSA) is 57.5 Å². The van der Waals surface area contributed by atoms with Crippen molar-refractivity contribution >= 4 is 16.9 Å². The van der Waals surface area contributed by atoms with Crippen molar-refractivity contribution in [1.29, 1.82) is 0 Å². The van der Waals surface area contributed by atoms with Crippen molar-refractivity contribution in [2.24, 2.45) is 0 Å². The standard InChI is InChI=1S/C24H17F2NO4/c1-30-24(29)21-13-27(18-10-16(25)9-17(26)11-18)22-12-19(7-8-20(22)23(21)28)31-14-15-5-3-2-4-6-15/h2-13H,14H2,1H3. The smallest absolute Gasteiger partial charge is 0.343 e. The summed E-state index contributed by atoms with van der Waals surface area (Å²) in [5, 5.41) is 0.180. The number of carbonyl (C=O) groups excluding carboxylic acids is 1. The van der Waals surface area contributed by atoms with Crippen molar-refractivity contribution in [2.45, 2.75) is 6.61 Å². The Morgan fingerprint density at radius 1 is 0.968 bits per heavy atom. The number of halogens is 2. The minimum absolute atomic E-state index is 0.105. The fourth-order valence-corrected chi connectivity index (χ4v) is 3.28. The fraction of sp³-hybridized carbons (Fsp3) is 0.0833. The van der Waals surface area contributed by atoms with Crippen LogP contribution in [0.2, 0.25) is 0 Å². The number of esters is 1. The van der Waals surface area contributed by atoms with Gasteiger partial charge in [-0.25, -0.2) is 13.6 Å². The third-order valence-electron chi connectivity index (χ3n) is 4.76. The van der Waals surface area contributed by atoms with Gasteiger partial charge >= 0.3 is 5.97 Å². The first-order valence-corrected chi connectivity index (χ1v) is 9.37. The lowest BCUT2D eigenvalue weighted by Crippen LogP contribution is -2.19. The van der Waals surface area contributed by atoms with Gasteiger partial charge in [-0.2, -0.15) is 0 Å². The van der Waals surface area contributed by atoms with E-state index >= 15 is 0 Å². The summed E-state index contributed by atoms with van der Waals surface area (Å²) in [5.74, 6) is -1.98. The molecule has 0 bridgehead atoms. The minimum atomic E-state index is -0.845. The Balaban J connectivity index is 1.88. The molecule has 1 aromatic heterocycles. The van der Waals surface area contributed by atoms with E-state index in [4.69, 9.17) is 9.47 Å².